The first-order valence-electron chi connectivity index (χ1n) is 12.7. The molecule has 3 aromatic carbocycles. The number of fused-ring (bicyclic) bond motifs is 1. The molecule has 1 fully saturated rings. The first-order valence-corrected chi connectivity index (χ1v) is 12.7. The lowest BCUT2D eigenvalue weighted by Crippen LogP contribution is -2.37. The molecule has 1 saturated heterocycles. The number of morpholine rings is 1. The molecule has 2 heterocycles. The number of benzene rings is 3. The van der Waals surface area contributed by atoms with Gasteiger partial charge in [-0.3, -0.25) is 9.69 Å². The summed E-state index contributed by atoms with van der Waals surface area (Å²) >= 11 is 0. The fraction of sp³-hybridized carbons (Fsp3) is 0.276. The van der Waals surface area contributed by atoms with Gasteiger partial charge in [-0.05, 0) is 48.9 Å². The Balaban J connectivity index is 1.26. The minimum Gasteiger partial charge on any atom is -0.493 e. The fourth-order valence-electron chi connectivity index (χ4n) is 4.30. The van der Waals surface area contributed by atoms with E-state index in [-0.39, 0.29) is 5.91 Å². The van der Waals surface area contributed by atoms with Crippen LogP contribution in [0.2, 0.25) is 0 Å². The number of nitrogens with one attached hydrogen (secondary N) is 2. The van der Waals surface area contributed by atoms with Crippen molar-refractivity contribution in [2.45, 2.75) is 6.42 Å². The second kappa shape index (κ2) is 12.4. The van der Waals surface area contributed by atoms with E-state index in [9.17, 15) is 4.79 Å². The Morgan fingerprint density at radius 2 is 1.74 bits per heavy atom. The van der Waals surface area contributed by atoms with Crippen molar-refractivity contribution in [2.24, 2.45) is 0 Å². The first kappa shape index (κ1) is 25.4. The molecule has 1 aromatic heterocycles. The predicted molar refractivity (Wildman–Crippen MR) is 148 cm³/mol. The van der Waals surface area contributed by atoms with Crippen LogP contribution in [-0.2, 0) is 4.74 Å². The van der Waals surface area contributed by atoms with E-state index < -0.39 is 0 Å². The summed E-state index contributed by atoms with van der Waals surface area (Å²) in [6.45, 7) is 5.06. The van der Waals surface area contributed by atoms with Gasteiger partial charge in [-0.25, -0.2) is 9.97 Å². The van der Waals surface area contributed by atoms with Crippen molar-refractivity contribution in [1.82, 2.24) is 14.9 Å². The van der Waals surface area contributed by atoms with Gasteiger partial charge in [0.15, 0.2) is 11.5 Å². The van der Waals surface area contributed by atoms with E-state index in [1.807, 2.05) is 54.6 Å². The highest BCUT2D eigenvalue weighted by molar-refractivity contribution is 6.04. The summed E-state index contributed by atoms with van der Waals surface area (Å²) < 4.78 is 17.1. The number of carbonyl (C=O) groups is 1. The van der Waals surface area contributed by atoms with Gasteiger partial charge in [0.25, 0.3) is 5.91 Å². The molecule has 196 valence electrons. The van der Waals surface area contributed by atoms with Crippen LogP contribution in [0.1, 0.15) is 16.8 Å². The van der Waals surface area contributed by atoms with Crippen LogP contribution in [0.4, 0.5) is 17.2 Å². The van der Waals surface area contributed by atoms with Gasteiger partial charge in [0, 0.05) is 48.0 Å². The Morgan fingerprint density at radius 1 is 0.974 bits per heavy atom. The molecule has 1 amide bonds. The van der Waals surface area contributed by atoms with Crippen molar-refractivity contribution >= 4 is 34.0 Å². The van der Waals surface area contributed by atoms with Crippen LogP contribution in [0.15, 0.2) is 73.1 Å². The maximum atomic E-state index is 12.4. The number of hydrogen-bond acceptors (Lipinski definition) is 8. The number of nitrogens with zero attached hydrogens (tertiary/aromatic N) is 3. The molecule has 9 nitrogen and oxygen atoms in total. The molecule has 9 heteroatoms. The number of carbonyl (C=O) groups excluding carboxylic acids is 1. The number of aromatic nitrogens is 2. The van der Waals surface area contributed by atoms with Crippen LogP contribution in [0.5, 0.6) is 11.5 Å². The van der Waals surface area contributed by atoms with Gasteiger partial charge in [-0.2, -0.15) is 0 Å². The van der Waals surface area contributed by atoms with Crippen LogP contribution >= 0.6 is 0 Å². The second-order valence-electron chi connectivity index (χ2n) is 8.92. The van der Waals surface area contributed by atoms with Crippen LogP contribution in [0.3, 0.4) is 0 Å². The SMILES string of the molecule is COc1cc2ncnc(Nc3ccc(NC(=O)c4ccccc4)cc3)c2cc1OCCCN1CCOCC1. The lowest BCUT2D eigenvalue weighted by Gasteiger charge is -2.26. The highest BCUT2D eigenvalue weighted by Crippen LogP contribution is 2.35. The van der Waals surface area contributed by atoms with Crippen LogP contribution in [-0.4, -0.2) is 67.3 Å². The van der Waals surface area contributed by atoms with Gasteiger partial charge in [-0.15, -0.1) is 0 Å². The first-order chi connectivity index (χ1) is 18.7. The van der Waals surface area contributed by atoms with Crippen LogP contribution < -0.4 is 20.1 Å². The number of anilines is 3. The Hall–Kier alpha value is -4.21. The van der Waals surface area contributed by atoms with Gasteiger partial charge in [0.2, 0.25) is 0 Å². The van der Waals surface area contributed by atoms with Gasteiger partial charge < -0.3 is 24.8 Å². The second-order valence-corrected chi connectivity index (χ2v) is 8.92. The molecule has 0 aliphatic carbocycles. The summed E-state index contributed by atoms with van der Waals surface area (Å²) in [5.41, 5.74) is 2.88. The third-order valence-electron chi connectivity index (χ3n) is 6.34. The van der Waals surface area contributed by atoms with Gasteiger partial charge in [0.1, 0.15) is 12.1 Å². The largest absolute Gasteiger partial charge is 0.493 e. The molecule has 0 bridgehead atoms. The minimum absolute atomic E-state index is 0.153. The van der Waals surface area contributed by atoms with Crippen molar-refractivity contribution in [1.29, 1.82) is 0 Å². The highest BCUT2D eigenvalue weighted by Gasteiger charge is 2.14. The smallest absolute Gasteiger partial charge is 0.255 e. The molecule has 38 heavy (non-hydrogen) atoms. The number of methoxy groups -OCH3 is 1. The topological polar surface area (TPSA) is 97.8 Å². The lowest BCUT2D eigenvalue weighted by molar-refractivity contribution is 0.0357. The van der Waals surface area contributed by atoms with E-state index in [0.29, 0.717) is 35.2 Å². The third kappa shape index (κ3) is 6.37. The number of amides is 1. The maximum absolute atomic E-state index is 12.4. The summed E-state index contributed by atoms with van der Waals surface area (Å²) in [6, 6.07) is 20.4. The van der Waals surface area contributed by atoms with Crippen molar-refractivity contribution < 1.29 is 19.0 Å². The monoisotopic (exact) mass is 513 g/mol. The molecule has 0 unspecified atom stereocenters. The number of ether oxygens (including phenoxy) is 3. The molecular formula is C29H31N5O4. The minimum atomic E-state index is -0.153. The maximum Gasteiger partial charge on any atom is 0.255 e. The molecule has 0 saturated carbocycles. The number of hydrogen-bond donors (Lipinski definition) is 2. The van der Waals surface area contributed by atoms with E-state index in [1.54, 1.807) is 19.2 Å². The van der Waals surface area contributed by atoms with Crippen molar-refractivity contribution in [3.63, 3.8) is 0 Å². The summed E-state index contributed by atoms with van der Waals surface area (Å²) in [6.07, 6.45) is 2.42. The lowest BCUT2D eigenvalue weighted by atomic mass is 10.2. The molecule has 0 atom stereocenters. The van der Waals surface area contributed by atoms with Crippen molar-refractivity contribution in [2.75, 3.05) is 57.2 Å². The van der Waals surface area contributed by atoms with E-state index in [0.717, 1.165) is 55.9 Å². The zero-order valence-electron chi connectivity index (χ0n) is 21.4. The number of rotatable bonds is 10. The van der Waals surface area contributed by atoms with E-state index >= 15 is 0 Å². The highest BCUT2D eigenvalue weighted by atomic mass is 16.5. The molecule has 4 aromatic rings. The standard InChI is InChI=1S/C29H31N5O4/c1-36-26-19-25-24(18-27(26)38-15-5-12-34-13-16-37-17-14-34)28(31-20-30-25)32-22-8-10-23(11-9-22)33-29(35)21-6-3-2-4-7-21/h2-4,6-11,18-20H,5,12-17H2,1H3,(H,33,35)(H,30,31,32). The zero-order chi connectivity index (χ0) is 26.2. The molecule has 1 aliphatic rings. The summed E-state index contributed by atoms with van der Waals surface area (Å²) in [5.74, 6) is 1.78. The van der Waals surface area contributed by atoms with E-state index in [1.165, 1.54) is 6.33 Å². The van der Waals surface area contributed by atoms with Crippen molar-refractivity contribution in [3.8, 4) is 11.5 Å². The fourth-order valence-corrected chi connectivity index (χ4v) is 4.30. The average molecular weight is 514 g/mol. The molecule has 2 N–H and O–H groups in total. The third-order valence-corrected chi connectivity index (χ3v) is 6.34. The predicted octanol–water partition coefficient (Wildman–Crippen LogP) is 4.74. The Kier molecular flexibility index (Phi) is 8.27. The zero-order valence-corrected chi connectivity index (χ0v) is 21.4. The Labute approximate surface area is 221 Å². The molecule has 0 spiro atoms. The van der Waals surface area contributed by atoms with Gasteiger partial charge in [0.05, 0.1) is 32.4 Å². The molecule has 0 radical (unpaired) electrons. The normalized spacial score (nSPS) is 13.7. The van der Waals surface area contributed by atoms with Gasteiger partial charge in [-0.1, -0.05) is 18.2 Å². The average Bonchev–Trinajstić information content (AvgIpc) is 2.97. The van der Waals surface area contributed by atoms with Gasteiger partial charge >= 0.3 is 0 Å². The summed E-state index contributed by atoms with van der Waals surface area (Å²) in [7, 11) is 1.63. The molecule has 1 aliphatic heterocycles. The summed E-state index contributed by atoms with van der Waals surface area (Å²) in [4.78, 5) is 23.7. The molecule has 5 rings (SSSR count). The summed E-state index contributed by atoms with van der Waals surface area (Å²) in [5, 5.41) is 7.09. The van der Waals surface area contributed by atoms with Crippen LogP contribution in [0, 0.1) is 0 Å². The van der Waals surface area contributed by atoms with E-state index in [4.69, 9.17) is 14.2 Å². The quantitative estimate of drug-likeness (QED) is 0.294. The molecular weight excluding hydrogens is 482 g/mol. The Morgan fingerprint density at radius 3 is 2.50 bits per heavy atom. The van der Waals surface area contributed by atoms with Crippen LogP contribution in [0.25, 0.3) is 10.9 Å². The van der Waals surface area contributed by atoms with E-state index in [2.05, 4.69) is 25.5 Å². The van der Waals surface area contributed by atoms with Crippen molar-refractivity contribution in [3.05, 3.63) is 78.6 Å². The Bertz CT molecular complexity index is 1360.